The van der Waals surface area contributed by atoms with Gasteiger partial charge in [-0.3, -0.25) is 0 Å². The maximum atomic E-state index is 11.2. The van der Waals surface area contributed by atoms with E-state index in [1.54, 1.807) is 19.2 Å². The van der Waals surface area contributed by atoms with Crippen LogP contribution in [-0.2, 0) is 0 Å². The van der Waals surface area contributed by atoms with E-state index in [4.69, 9.17) is 9.15 Å². The summed E-state index contributed by atoms with van der Waals surface area (Å²) in [5, 5.41) is 9.20. The van der Waals surface area contributed by atoms with E-state index >= 15 is 0 Å². The fourth-order valence-electron chi connectivity index (χ4n) is 2.08. The molecule has 0 atom stereocenters. The second-order valence-corrected chi connectivity index (χ2v) is 5.57. The molecule has 20 heavy (non-hydrogen) atoms. The molecule has 1 aromatic heterocycles. The number of carbonyl (C=O) groups is 1. The van der Waals surface area contributed by atoms with Crippen LogP contribution in [0.5, 0.6) is 5.75 Å². The fourth-order valence-corrected chi connectivity index (χ4v) is 2.42. The lowest BCUT2D eigenvalue weighted by Crippen LogP contribution is -1.98. The maximum Gasteiger partial charge on any atom is 0.373 e. The van der Waals surface area contributed by atoms with E-state index < -0.39 is 5.97 Å². The van der Waals surface area contributed by atoms with Gasteiger partial charge in [-0.15, -0.1) is 0 Å². The Morgan fingerprint density at radius 1 is 1.50 bits per heavy atom. The summed E-state index contributed by atoms with van der Waals surface area (Å²) in [4.78, 5) is 15.6. The number of ether oxygens (including phenoxy) is 1. The molecule has 1 fully saturated rings. The summed E-state index contributed by atoms with van der Waals surface area (Å²) in [5.41, 5.74) is 1.18. The highest BCUT2D eigenvalue weighted by atomic mass is 79.9. The molecule has 1 aliphatic rings. The molecule has 0 radical (unpaired) electrons. The van der Waals surface area contributed by atoms with Crippen molar-refractivity contribution in [3.8, 4) is 17.2 Å². The molecule has 0 aliphatic heterocycles. The van der Waals surface area contributed by atoms with Crippen LogP contribution >= 0.6 is 15.9 Å². The number of hydrogen-bond donors (Lipinski definition) is 1. The Morgan fingerprint density at radius 2 is 2.25 bits per heavy atom. The van der Waals surface area contributed by atoms with E-state index in [1.807, 2.05) is 6.07 Å². The van der Waals surface area contributed by atoms with Gasteiger partial charge in [0.25, 0.3) is 0 Å². The highest BCUT2D eigenvalue weighted by Gasteiger charge is 2.34. The number of halogens is 1. The summed E-state index contributed by atoms with van der Waals surface area (Å²) < 4.78 is 11.6. The molecule has 0 saturated heterocycles. The minimum Gasteiger partial charge on any atom is -0.496 e. The minimum atomic E-state index is -1.08. The molecular formula is C14H12BrNO4. The molecule has 0 bridgehead atoms. The summed E-state index contributed by atoms with van der Waals surface area (Å²) >= 11 is 3.36. The number of nitrogens with zero attached hydrogens (tertiary/aromatic N) is 1. The van der Waals surface area contributed by atoms with Crippen LogP contribution in [0.2, 0.25) is 0 Å². The maximum absolute atomic E-state index is 11.2. The summed E-state index contributed by atoms with van der Waals surface area (Å²) in [6, 6.07) is 5.41. The topological polar surface area (TPSA) is 72.6 Å². The van der Waals surface area contributed by atoms with Gasteiger partial charge in [-0.1, -0.05) is 15.9 Å². The molecule has 0 unspecified atom stereocenters. The Bertz CT molecular complexity index is 676. The zero-order valence-electron chi connectivity index (χ0n) is 10.7. The molecule has 1 N–H and O–H groups in total. The van der Waals surface area contributed by atoms with Crippen molar-refractivity contribution < 1.29 is 19.1 Å². The molecular weight excluding hydrogens is 326 g/mol. The highest BCUT2D eigenvalue weighted by molar-refractivity contribution is 9.10. The first-order valence-corrected chi connectivity index (χ1v) is 6.97. The predicted octanol–water partition coefficient (Wildman–Crippen LogP) is 3.69. The van der Waals surface area contributed by atoms with Gasteiger partial charge in [-0.2, -0.15) is 0 Å². The average Bonchev–Trinajstić information content (AvgIpc) is 3.17. The SMILES string of the molecule is COc1cc(Br)ccc1-c1nc(C2CC2)c(C(=O)O)o1. The first-order valence-electron chi connectivity index (χ1n) is 6.18. The first-order chi connectivity index (χ1) is 9.60. The van der Waals surface area contributed by atoms with Crippen molar-refractivity contribution in [3.63, 3.8) is 0 Å². The number of benzene rings is 1. The summed E-state index contributed by atoms with van der Waals surface area (Å²) in [7, 11) is 1.55. The fraction of sp³-hybridized carbons (Fsp3) is 0.286. The molecule has 0 spiro atoms. The molecule has 1 heterocycles. The van der Waals surface area contributed by atoms with Crippen molar-refractivity contribution in [2.45, 2.75) is 18.8 Å². The van der Waals surface area contributed by atoms with Crippen LogP contribution in [0.3, 0.4) is 0 Å². The summed E-state index contributed by atoms with van der Waals surface area (Å²) in [6.45, 7) is 0. The molecule has 1 saturated carbocycles. The van der Waals surface area contributed by atoms with E-state index in [0.29, 0.717) is 17.0 Å². The van der Waals surface area contributed by atoms with Crippen LogP contribution in [0.4, 0.5) is 0 Å². The Balaban J connectivity index is 2.10. The smallest absolute Gasteiger partial charge is 0.373 e. The molecule has 1 aliphatic carbocycles. The van der Waals surface area contributed by atoms with E-state index in [2.05, 4.69) is 20.9 Å². The van der Waals surface area contributed by atoms with Crippen LogP contribution in [0.25, 0.3) is 11.5 Å². The molecule has 104 valence electrons. The number of aromatic nitrogens is 1. The number of carboxylic acids is 1. The standard InChI is InChI=1S/C14H12BrNO4/c1-19-10-6-8(15)4-5-9(10)13-16-11(7-2-3-7)12(20-13)14(17)18/h4-7H,2-3H2,1H3,(H,17,18). The van der Waals surface area contributed by atoms with Crippen molar-refractivity contribution in [1.82, 2.24) is 4.98 Å². The molecule has 2 aromatic rings. The number of rotatable bonds is 4. The zero-order valence-corrected chi connectivity index (χ0v) is 12.3. The van der Waals surface area contributed by atoms with Gasteiger partial charge in [-0.05, 0) is 31.0 Å². The van der Waals surface area contributed by atoms with Crippen LogP contribution < -0.4 is 4.74 Å². The largest absolute Gasteiger partial charge is 0.496 e. The Labute approximate surface area is 123 Å². The molecule has 6 heteroatoms. The molecule has 3 rings (SSSR count). The van der Waals surface area contributed by atoms with Crippen molar-refractivity contribution in [2.75, 3.05) is 7.11 Å². The second-order valence-electron chi connectivity index (χ2n) is 4.66. The lowest BCUT2D eigenvalue weighted by molar-refractivity contribution is 0.0661. The Hall–Kier alpha value is -1.82. The lowest BCUT2D eigenvalue weighted by atomic mass is 10.2. The number of hydrogen-bond acceptors (Lipinski definition) is 4. The minimum absolute atomic E-state index is 0.0625. The molecule has 0 amide bonds. The van der Waals surface area contributed by atoms with Crippen LogP contribution in [0.1, 0.15) is 35.0 Å². The van der Waals surface area contributed by atoms with Gasteiger partial charge >= 0.3 is 5.97 Å². The van der Waals surface area contributed by atoms with Gasteiger partial charge in [0, 0.05) is 10.4 Å². The monoisotopic (exact) mass is 337 g/mol. The third-order valence-electron chi connectivity index (χ3n) is 3.21. The predicted molar refractivity (Wildman–Crippen MR) is 75.1 cm³/mol. The van der Waals surface area contributed by atoms with Gasteiger partial charge in [0.15, 0.2) is 0 Å². The van der Waals surface area contributed by atoms with Gasteiger partial charge in [0.2, 0.25) is 11.7 Å². The van der Waals surface area contributed by atoms with Crippen LogP contribution in [-0.4, -0.2) is 23.2 Å². The van der Waals surface area contributed by atoms with Gasteiger partial charge in [0.05, 0.1) is 18.4 Å². The third-order valence-corrected chi connectivity index (χ3v) is 3.70. The third kappa shape index (κ3) is 2.31. The lowest BCUT2D eigenvalue weighted by Gasteiger charge is -2.05. The van der Waals surface area contributed by atoms with E-state index in [9.17, 15) is 9.90 Å². The quantitative estimate of drug-likeness (QED) is 0.920. The van der Waals surface area contributed by atoms with Crippen molar-refractivity contribution in [2.24, 2.45) is 0 Å². The van der Waals surface area contributed by atoms with E-state index in [-0.39, 0.29) is 17.6 Å². The highest BCUT2D eigenvalue weighted by Crippen LogP contribution is 2.43. The molecule has 5 nitrogen and oxygen atoms in total. The van der Waals surface area contributed by atoms with Crippen LogP contribution in [0, 0.1) is 0 Å². The van der Waals surface area contributed by atoms with Crippen molar-refractivity contribution in [1.29, 1.82) is 0 Å². The van der Waals surface area contributed by atoms with Gasteiger partial charge in [0.1, 0.15) is 5.75 Å². The number of methoxy groups -OCH3 is 1. The zero-order chi connectivity index (χ0) is 14.3. The van der Waals surface area contributed by atoms with Crippen molar-refractivity contribution in [3.05, 3.63) is 34.1 Å². The Morgan fingerprint density at radius 3 is 2.85 bits per heavy atom. The number of oxazole rings is 1. The van der Waals surface area contributed by atoms with Gasteiger partial charge in [-0.25, -0.2) is 9.78 Å². The normalized spacial score (nSPS) is 14.3. The van der Waals surface area contributed by atoms with Crippen LogP contribution in [0.15, 0.2) is 27.1 Å². The van der Waals surface area contributed by atoms with Gasteiger partial charge < -0.3 is 14.3 Å². The number of carboxylic acid groups (broad SMARTS) is 1. The summed E-state index contributed by atoms with van der Waals surface area (Å²) in [6.07, 6.45) is 1.92. The average molecular weight is 338 g/mol. The van der Waals surface area contributed by atoms with E-state index in [0.717, 1.165) is 17.3 Å². The van der Waals surface area contributed by atoms with Crippen molar-refractivity contribution >= 4 is 21.9 Å². The first kappa shape index (κ1) is 13.2. The Kier molecular flexibility index (Phi) is 3.25. The number of aromatic carboxylic acids is 1. The molecule has 1 aromatic carbocycles. The second kappa shape index (κ2) is 4.94. The summed E-state index contributed by atoms with van der Waals surface area (Å²) in [5.74, 6) is -0.0668. The van der Waals surface area contributed by atoms with E-state index in [1.165, 1.54) is 0 Å².